The van der Waals surface area contributed by atoms with Crippen LogP contribution in [0.2, 0.25) is 0 Å². The maximum atomic E-state index is 12.9. The highest BCUT2D eigenvalue weighted by Gasteiger charge is 2.39. The third-order valence-electron chi connectivity index (χ3n) is 4.81. The molecule has 1 aromatic carbocycles. The summed E-state index contributed by atoms with van der Waals surface area (Å²) in [7, 11) is -3.62. The molecule has 1 saturated carbocycles. The zero-order valence-corrected chi connectivity index (χ0v) is 14.3. The highest BCUT2D eigenvalue weighted by Crippen LogP contribution is 2.33. The minimum atomic E-state index is -3.62. The van der Waals surface area contributed by atoms with Gasteiger partial charge in [-0.1, -0.05) is 24.6 Å². The van der Waals surface area contributed by atoms with E-state index >= 15 is 0 Å². The number of benzene rings is 1. The van der Waals surface area contributed by atoms with Gasteiger partial charge in [-0.3, -0.25) is 4.79 Å². The Balaban J connectivity index is 1.79. The average Bonchev–Trinajstić information content (AvgIpc) is 3.40. The first-order valence-corrected chi connectivity index (χ1v) is 9.81. The van der Waals surface area contributed by atoms with Gasteiger partial charge in [-0.05, 0) is 50.7 Å². The van der Waals surface area contributed by atoms with Crippen LogP contribution in [-0.4, -0.2) is 37.3 Å². The van der Waals surface area contributed by atoms with Crippen molar-refractivity contribution in [3.05, 3.63) is 30.3 Å². The van der Waals surface area contributed by atoms with E-state index in [0.717, 1.165) is 25.7 Å². The van der Waals surface area contributed by atoms with Crippen molar-refractivity contribution in [3.8, 4) is 0 Å². The number of carbonyl (C=O) groups excluding carboxylic acids is 1. The molecule has 2 aliphatic rings. The summed E-state index contributed by atoms with van der Waals surface area (Å²) in [5.74, 6) is 0.408. The van der Waals surface area contributed by atoms with Crippen molar-refractivity contribution < 1.29 is 13.2 Å². The second kappa shape index (κ2) is 6.61. The molecule has 6 heteroatoms. The molecule has 1 heterocycles. The number of piperidine rings is 1. The Bertz CT molecular complexity index is 656. The molecule has 23 heavy (non-hydrogen) atoms. The number of hydrogen-bond donors (Lipinski definition) is 1. The Hall–Kier alpha value is -1.40. The minimum absolute atomic E-state index is 0.130. The number of hydrogen-bond acceptors (Lipinski definition) is 3. The molecular formula is C17H24N2O3S. The molecule has 0 radical (unpaired) electrons. The van der Waals surface area contributed by atoms with E-state index in [1.54, 1.807) is 30.3 Å². The van der Waals surface area contributed by atoms with Crippen LogP contribution in [0.15, 0.2) is 35.2 Å². The Labute approximate surface area is 138 Å². The summed E-state index contributed by atoms with van der Waals surface area (Å²) < 4.78 is 27.1. The van der Waals surface area contributed by atoms with Crippen molar-refractivity contribution in [1.29, 1.82) is 0 Å². The van der Waals surface area contributed by atoms with E-state index in [4.69, 9.17) is 0 Å². The molecular weight excluding hydrogens is 312 g/mol. The van der Waals surface area contributed by atoms with E-state index in [0.29, 0.717) is 18.9 Å². The molecule has 0 spiro atoms. The highest BCUT2D eigenvalue weighted by molar-refractivity contribution is 7.89. The van der Waals surface area contributed by atoms with Crippen molar-refractivity contribution in [3.63, 3.8) is 0 Å². The largest absolute Gasteiger partial charge is 0.352 e. The van der Waals surface area contributed by atoms with Crippen molar-refractivity contribution >= 4 is 15.9 Å². The van der Waals surface area contributed by atoms with Crippen LogP contribution < -0.4 is 5.32 Å². The molecule has 1 saturated heterocycles. The van der Waals surface area contributed by atoms with E-state index in [-0.39, 0.29) is 16.8 Å². The van der Waals surface area contributed by atoms with E-state index < -0.39 is 16.1 Å². The normalized spacial score (nSPS) is 24.1. The summed E-state index contributed by atoms with van der Waals surface area (Å²) in [5.41, 5.74) is 0. The van der Waals surface area contributed by atoms with Crippen LogP contribution >= 0.6 is 0 Å². The molecule has 0 bridgehead atoms. The molecule has 1 aliphatic carbocycles. The van der Waals surface area contributed by atoms with Gasteiger partial charge in [0.25, 0.3) is 0 Å². The van der Waals surface area contributed by atoms with Crippen LogP contribution in [0.25, 0.3) is 0 Å². The lowest BCUT2D eigenvalue weighted by atomic mass is 10.0. The lowest BCUT2D eigenvalue weighted by Gasteiger charge is -2.34. The summed E-state index contributed by atoms with van der Waals surface area (Å²) >= 11 is 0. The molecule has 1 amide bonds. The summed E-state index contributed by atoms with van der Waals surface area (Å²) in [4.78, 5) is 12.9. The molecule has 0 aromatic heterocycles. The summed E-state index contributed by atoms with van der Waals surface area (Å²) in [5, 5.41) is 3.02. The van der Waals surface area contributed by atoms with Crippen molar-refractivity contribution in [2.75, 3.05) is 6.54 Å². The summed E-state index contributed by atoms with van der Waals surface area (Å²) in [6, 6.07) is 7.93. The van der Waals surface area contributed by atoms with E-state index in [2.05, 4.69) is 5.32 Å². The molecule has 2 unspecified atom stereocenters. The zero-order chi connectivity index (χ0) is 16.4. The van der Waals surface area contributed by atoms with Gasteiger partial charge < -0.3 is 5.32 Å². The maximum absolute atomic E-state index is 12.9. The van der Waals surface area contributed by atoms with Crippen LogP contribution in [0.4, 0.5) is 0 Å². The van der Waals surface area contributed by atoms with Gasteiger partial charge >= 0.3 is 0 Å². The molecule has 3 rings (SSSR count). The monoisotopic (exact) mass is 336 g/mol. The molecule has 1 N–H and O–H groups in total. The predicted octanol–water partition coefficient (Wildman–Crippen LogP) is 2.14. The van der Waals surface area contributed by atoms with Gasteiger partial charge in [-0.2, -0.15) is 4.31 Å². The van der Waals surface area contributed by atoms with Gasteiger partial charge in [0.1, 0.15) is 6.04 Å². The number of nitrogens with zero attached hydrogens (tertiary/aromatic N) is 1. The topological polar surface area (TPSA) is 66.5 Å². The fourth-order valence-corrected chi connectivity index (χ4v) is 4.89. The third-order valence-corrected chi connectivity index (χ3v) is 6.73. The Morgan fingerprint density at radius 1 is 1.17 bits per heavy atom. The first-order chi connectivity index (χ1) is 11.0. The number of nitrogens with one attached hydrogen (secondary N) is 1. The Morgan fingerprint density at radius 3 is 2.52 bits per heavy atom. The average molecular weight is 336 g/mol. The summed E-state index contributed by atoms with van der Waals surface area (Å²) in [6.07, 6.45) is 4.58. The van der Waals surface area contributed by atoms with Gasteiger partial charge in [0.2, 0.25) is 15.9 Å². The second-order valence-corrected chi connectivity index (χ2v) is 8.47. The lowest BCUT2D eigenvalue weighted by molar-refractivity contribution is -0.126. The first kappa shape index (κ1) is 16.5. The smallest absolute Gasteiger partial charge is 0.243 e. The Morgan fingerprint density at radius 2 is 1.87 bits per heavy atom. The number of amides is 1. The van der Waals surface area contributed by atoms with Crippen molar-refractivity contribution in [2.45, 2.75) is 56.0 Å². The van der Waals surface area contributed by atoms with Gasteiger partial charge in [0, 0.05) is 12.6 Å². The van der Waals surface area contributed by atoms with Crippen LogP contribution in [0.1, 0.15) is 39.0 Å². The minimum Gasteiger partial charge on any atom is -0.352 e. The van der Waals surface area contributed by atoms with E-state index in [9.17, 15) is 13.2 Å². The van der Waals surface area contributed by atoms with Crippen LogP contribution in [0.5, 0.6) is 0 Å². The van der Waals surface area contributed by atoms with Crippen LogP contribution in [-0.2, 0) is 14.8 Å². The van der Waals surface area contributed by atoms with Crippen LogP contribution in [0, 0.1) is 5.92 Å². The van der Waals surface area contributed by atoms with E-state index in [1.807, 2.05) is 6.92 Å². The zero-order valence-electron chi connectivity index (χ0n) is 13.4. The molecule has 2 fully saturated rings. The van der Waals surface area contributed by atoms with Crippen molar-refractivity contribution in [1.82, 2.24) is 9.62 Å². The maximum Gasteiger partial charge on any atom is 0.243 e. The van der Waals surface area contributed by atoms with E-state index in [1.165, 1.54) is 4.31 Å². The highest BCUT2D eigenvalue weighted by atomic mass is 32.2. The SMILES string of the molecule is CC(NC(=O)C1CCCCN1S(=O)(=O)c1ccccc1)C1CC1. The Kier molecular flexibility index (Phi) is 4.73. The quantitative estimate of drug-likeness (QED) is 0.896. The number of rotatable bonds is 5. The van der Waals surface area contributed by atoms with Gasteiger partial charge in [-0.15, -0.1) is 0 Å². The van der Waals surface area contributed by atoms with Crippen molar-refractivity contribution in [2.24, 2.45) is 5.92 Å². The molecule has 5 nitrogen and oxygen atoms in total. The van der Waals surface area contributed by atoms with Gasteiger partial charge in [0.05, 0.1) is 4.90 Å². The fraction of sp³-hybridized carbons (Fsp3) is 0.588. The molecule has 1 aliphatic heterocycles. The predicted molar refractivity (Wildman–Crippen MR) is 88.3 cm³/mol. The standard InChI is InChI=1S/C17H24N2O3S/c1-13(14-10-11-14)18-17(20)16-9-5-6-12-19(16)23(21,22)15-7-3-2-4-8-15/h2-4,7-8,13-14,16H,5-6,9-12H2,1H3,(H,18,20). The summed E-state index contributed by atoms with van der Waals surface area (Å²) in [6.45, 7) is 2.42. The second-order valence-electron chi connectivity index (χ2n) is 6.58. The van der Waals surface area contributed by atoms with Gasteiger partial charge in [0.15, 0.2) is 0 Å². The molecule has 126 valence electrons. The van der Waals surface area contributed by atoms with Gasteiger partial charge in [-0.25, -0.2) is 8.42 Å². The third kappa shape index (κ3) is 3.58. The number of sulfonamides is 1. The fourth-order valence-electron chi connectivity index (χ4n) is 3.22. The first-order valence-electron chi connectivity index (χ1n) is 8.37. The molecule has 1 aromatic rings. The van der Waals surface area contributed by atoms with Crippen LogP contribution in [0.3, 0.4) is 0 Å². The number of carbonyl (C=O) groups is 1. The lowest BCUT2D eigenvalue weighted by Crippen LogP contribution is -2.53. The molecule has 2 atom stereocenters.